The molecule has 2 rings (SSSR count). The number of alkyl halides is 3. The average molecular weight is 274 g/mol. The first-order valence-corrected chi connectivity index (χ1v) is 5.90. The summed E-state index contributed by atoms with van der Waals surface area (Å²) in [4.78, 5) is 18.9. The van der Waals surface area contributed by atoms with Gasteiger partial charge in [-0.25, -0.2) is 14.8 Å². The first kappa shape index (κ1) is 13.8. The van der Waals surface area contributed by atoms with E-state index in [1.165, 1.54) is 6.92 Å². The molecule has 1 fully saturated rings. The Balaban J connectivity index is 2.46. The van der Waals surface area contributed by atoms with Gasteiger partial charge in [0, 0.05) is 11.6 Å². The van der Waals surface area contributed by atoms with Gasteiger partial charge in [-0.3, -0.25) is 0 Å². The minimum Gasteiger partial charge on any atom is -0.462 e. The van der Waals surface area contributed by atoms with Gasteiger partial charge < -0.3 is 4.74 Å². The van der Waals surface area contributed by atoms with Crippen molar-refractivity contribution in [2.45, 2.75) is 38.3 Å². The van der Waals surface area contributed by atoms with E-state index >= 15 is 0 Å². The maximum absolute atomic E-state index is 12.9. The van der Waals surface area contributed by atoms with Crippen molar-refractivity contribution in [2.24, 2.45) is 0 Å². The number of halogens is 3. The zero-order valence-corrected chi connectivity index (χ0v) is 10.5. The van der Waals surface area contributed by atoms with Crippen molar-refractivity contribution in [2.75, 3.05) is 6.61 Å². The summed E-state index contributed by atoms with van der Waals surface area (Å²) in [5, 5.41) is 0. The van der Waals surface area contributed by atoms with Crippen molar-refractivity contribution < 1.29 is 22.7 Å². The molecule has 0 N–H and O–H groups in total. The van der Waals surface area contributed by atoms with Gasteiger partial charge in [0.2, 0.25) is 0 Å². The maximum Gasteiger partial charge on any atom is 0.434 e. The lowest BCUT2D eigenvalue weighted by atomic mass is 10.1. The molecule has 0 spiro atoms. The lowest BCUT2D eigenvalue weighted by molar-refractivity contribution is -0.142. The fourth-order valence-electron chi connectivity index (χ4n) is 1.66. The highest BCUT2D eigenvalue weighted by atomic mass is 19.4. The topological polar surface area (TPSA) is 52.1 Å². The van der Waals surface area contributed by atoms with E-state index < -0.39 is 28.8 Å². The molecule has 1 aliphatic rings. The normalized spacial score (nSPS) is 17.1. The van der Waals surface area contributed by atoms with Gasteiger partial charge in [-0.05, 0) is 19.8 Å². The Morgan fingerprint density at radius 1 is 1.47 bits per heavy atom. The second-order valence-corrected chi connectivity index (χ2v) is 4.73. The lowest BCUT2D eigenvalue weighted by Crippen LogP contribution is -2.21. The van der Waals surface area contributed by atoms with Crippen LogP contribution in [0.1, 0.15) is 48.6 Å². The number of hydrogen-bond donors (Lipinski definition) is 0. The molecule has 19 heavy (non-hydrogen) atoms. The number of carbonyl (C=O) groups excluding carboxylic acids is 1. The highest BCUT2D eigenvalue weighted by molar-refractivity contribution is 5.90. The SMILES string of the molecule is CCOC(=O)c1cnc(C2(C)CC2)nc1C(F)(F)F. The number of hydrogen-bond acceptors (Lipinski definition) is 4. The molecule has 1 aliphatic carbocycles. The molecule has 7 heteroatoms. The number of nitrogens with zero attached hydrogens (tertiary/aromatic N) is 2. The third kappa shape index (κ3) is 2.69. The minimum absolute atomic E-state index is 0.00437. The van der Waals surface area contributed by atoms with Gasteiger partial charge in [-0.1, -0.05) is 6.92 Å². The van der Waals surface area contributed by atoms with E-state index in [4.69, 9.17) is 0 Å². The molecule has 0 bridgehead atoms. The number of ether oxygens (including phenoxy) is 1. The van der Waals surface area contributed by atoms with Crippen LogP contribution in [0.5, 0.6) is 0 Å². The summed E-state index contributed by atoms with van der Waals surface area (Å²) >= 11 is 0. The van der Waals surface area contributed by atoms with Crippen molar-refractivity contribution >= 4 is 5.97 Å². The van der Waals surface area contributed by atoms with E-state index in [0.29, 0.717) is 0 Å². The number of esters is 1. The van der Waals surface area contributed by atoms with Crippen LogP contribution in [0, 0.1) is 0 Å². The smallest absolute Gasteiger partial charge is 0.434 e. The van der Waals surface area contributed by atoms with Crippen LogP contribution in [0.4, 0.5) is 13.2 Å². The van der Waals surface area contributed by atoms with E-state index in [1.54, 1.807) is 6.92 Å². The van der Waals surface area contributed by atoms with E-state index in [2.05, 4.69) is 14.7 Å². The van der Waals surface area contributed by atoms with Crippen LogP contribution in [0.25, 0.3) is 0 Å². The molecule has 0 atom stereocenters. The summed E-state index contributed by atoms with van der Waals surface area (Å²) in [6.07, 6.45) is -2.29. The maximum atomic E-state index is 12.9. The Hall–Kier alpha value is -1.66. The summed E-state index contributed by atoms with van der Waals surface area (Å²) in [5.74, 6) is -0.921. The van der Waals surface area contributed by atoms with Gasteiger partial charge in [0.25, 0.3) is 0 Å². The van der Waals surface area contributed by atoms with Crippen molar-refractivity contribution in [3.05, 3.63) is 23.3 Å². The molecule has 0 unspecified atom stereocenters. The second-order valence-electron chi connectivity index (χ2n) is 4.73. The number of aromatic nitrogens is 2. The molecule has 0 radical (unpaired) electrons. The first-order chi connectivity index (χ1) is 8.78. The van der Waals surface area contributed by atoms with Gasteiger partial charge in [0.1, 0.15) is 11.4 Å². The predicted octanol–water partition coefficient (Wildman–Crippen LogP) is 2.72. The van der Waals surface area contributed by atoms with E-state index in [9.17, 15) is 18.0 Å². The van der Waals surface area contributed by atoms with E-state index in [0.717, 1.165) is 19.0 Å². The fourth-order valence-corrected chi connectivity index (χ4v) is 1.66. The summed E-state index contributed by atoms with van der Waals surface area (Å²) in [6.45, 7) is 3.31. The summed E-state index contributed by atoms with van der Waals surface area (Å²) in [7, 11) is 0. The van der Waals surface area contributed by atoms with Crippen LogP contribution in [-0.4, -0.2) is 22.5 Å². The molecule has 1 saturated carbocycles. The third-order valence-corrected chi connectivity index (χ3v) is 3.09. The Labute approximate surface area is 108 Å². The molecule has 4 nitrogen and oxygen atoms in total. The van der Waals surface area contributed by atoms with Crippen molar-refractivity contribution in [1.29, 1.82) is 0 Å². The van der Waals surface area contributed by atoms with Gasteiger partial charge in [-0.2, -0.15) is 13.2 Å². The summed E-state index contributed by atoms with van der Waals surface area (Å²) < 4.78 is 43.4. The molecule has 104 valence electrons. The van der Waals surface area contributed by atoms with Crippen LogP contribution >= 0.6 is 0 Å². The monoisotopic (exact) mass is 274 g/mol. The molecule has 1 heterocycles. The molecule has 0 amide bonds. The van der Waals surface area contributed by atoms with Crippen LogP contribution in [0.3, 0.4) is 0 Å². The summed E-state index contributed by atoms with van der Waals surface area (Å²) in [6, 6.07) is 0. The molecular weight excluding hydrogens is 261 g/mol. The van der Waals surface area contributed by atoms with Crippen molar-refractivity contribution in [3.8, 4) is 0 Å². The molecular formula is C12H13F3N2O2. The Bertz CT molecular complexity index is 510. The molecule has 1 aromatic rings. The zero-order valence-electron chi connectivity index (χ0n) is 10.5. The van der Waals surface area contributed by atoms with Crippen LogP contribution in [0.15, 0.2) is 6.20 Å². The van der Waals surface area contributed by atoms with Gasteiger partial charge in [0.15, 0.2) is 5.69 Å². The van der Waals surface area contributed by atoms with Crippen LogP contribution in [0.2, 0.25) is 0 Å². The van der Waals surface area contributed by atoms with Crippen LogP contribution in [-0.2, 0) is 16.3 Å². The van der Waals surface area contributed by atoms with Gasteiger partial charge >= 0.3 is 12.1 Å². The standard InChI is InChI=1S/C12H13F3N2O2/c1-3-19-9(18)7-6-16-10(11(2)4-5-11)17-8(7)12(13,14)15/h6H,3-5H2,1-2H3. The lowest BCUT2D eigenvalue weighted by Gasteiger charge is -2.14. The fraction of sp³-hybridized carbons (Fsp3) is 0.583. The van der Waals surface area contributed by atoms with Gasteiger partial charge in [-0.15, -0.1) is 0 Å². The quantitative estimate of drug-likeness (QED) is 0.795. The van der Waals surface area contributed by atoms with Gasteiger partial charge in [0.05, 0.1) is 6.61 Å². The third-order valence-electron chi connectivity index (χ3n) is 3.09. The number of rotatable bonds is 3. The largest absolute Gasteiger partial charge is 0.462 e. The predicted molar refractivity (Wildman–Crippen MR) is 59.6 cm³/mol. The number of carbonyl (C=O) groups is 1. The molecule has 0 aliphatic heterocycles. The average Bonchev–Trinajstić information content (AvgIpc) is 3.07. The second kappa shape index (κ2) is 4.47. The highest BCUT2D eigenvalue weighted by Crippen LogP contribution is 2.46. The zero-order chi connectivity index (χ0) is 14.3. The van der Waals surface area contributed by atoms with Crippen molar-refractivity contribution in [1.82, 2.24) is 9.97 Å². The Kier molecular flexibility index (Phi) is 3.24. The van der Waals surface area contributed by atoms with Crippen molar-refractivity contribution in [3.63, 3.8) is 0 Å². The van der Waals surface area contributed by atoms with E-state index in [1.807, 2.05) is 0 Å². The minimum atomic E-state index is -4.70. The summed E-state index contributed by atoms with van der Waals surface area (Å²) in [5.41, 5.74) is -2.25. The Morgan fingerprint density at radius 3 is 2.58 bits per heavy atom. The molecule has 1 aromatic heterocycles. The first-order valence-electron chi connectivity index (χ1n) is 5.90. The van der Waals surface area contributed by atoms with E-state index in [-0.39, 0.29) is 12.4 Å². The molecule has 0 saturated heterocycles. The van der Waals surface area contributed by atoms with Crippen LogP contribution < -0.4 is 0 Å². The molecule has 0 aromatic carbocycles. The Morgan fingerprint density at radius 2 is 2.11 bits per heavy atom. The highest BCUT2D eigenvalue weighted by Gasteiger charge is 2.45.